The number of ether oxygens (including phenoxy) is 3. The van der Waals surface area contributed by atoms with Gasteiger partial charge in [0.15, 0.2) is 6.29 Å². The van der Waals surface area contributed by atoms with Gasteiger partial charge in [-0.2, -0.15) is 0 Å². The molecular weight excluding hydrogens is 332 g/mol. The molecule has 0 aliphatic carbocycles. The lowest BCUT2D eigenvalue weighted by atomic mass is 9.99. The van der Waals surface area contributed by atoms with Crippen molar-refractivity contribution in [1.29, 1.82) is 0 Å². The lowest BCUT2D eigenvalue weighted by Gasteiger charge is -2.39. The molecule has 0 spiro atoms. The summed E-state index contributed by atoms with van der Waals surface area (Å²) in [5.74, 6) is 0.173. The number of hydrogen-bond donors (Lipinski definition) is 4. The molecule has 2 rings (SSSR count). The highest BCUT2D eigenvalue weighted by molar-refractivity contribution is 5.79. The predicted octanol–water partition coefficient (Wildman–Crippen LogP) is -0.279. The maximum Gasteiger partial charge on any atom is 0.229 e. The maximum atomic E-state index is 10.9. The standard InChI is InChI=1S/C13H16O7.C4H10O/c14-5-7-3-1-2-4-8(7)19-13-12(18)11(17)10(16)9(6-15)20-13;1-3-5-4-2/h1-5,9-13,15-18H,6H2;3-4H2,1-2H3/t9-,10-,11+,12-,13-;/m1./s1. The molecule has 8 heteroatoms. The van der Waals surface area contributed by atoms with E-state index >= 15 is 0 Å². The smallest absolute Gasteiger partial charge is 0.229 e. The minimum atomic E-state index is -1.52. The molecule has 0 amide bonds. The lowest BCUT2D eigenvalue weighted by Crippen LogP contribution is -2.60. The number of carbonyl (C=O) groups is 1. The van der Waals surface area contributed by atoms with Crippen LogP contribution in [0.4, 0.5) is 0 Å². The molecule has 25 heavy (non-hydrogen) atoms. The fourth-order valence-electron chi connectivity index (χ4n) is 2.18. The van der Waals surface area contributed by atoms with Crippen LogP contribution in [0.25, 0.3) is 0 Å². The molecule has 0 bridgehead atoms. The van der Waals surface area contributed by atoms with Crippen molar-refractivity contribution in [3.63, 3.8) is 0 Å². The molecule has 0 unspecified atom stereocenters. The fraction of sp³-hybridized carbons (Fsp3) is 0.588. The van der Waals surface area contributed by atoms with Crippen molar-refractivity contribution >= 4 is 6.29 Å². The molecule has 1 aliphatic heterocycles. The lowest BCUT2D eigenvalue weighted by molar-refractivity contribution is -0.277. The quantitative estimate of drug-likeness (QED) is 0.512. The number of aliphatic hydroxyl groups excluding tert-OH is 4. The van der Waals surface area contributed by atoms with E-state index < -0.39 is 37.3 Å². The third kappa shape index (κ3) is 6.03. The van der Waals surface area contributed by atoms with Crippen molar-refractivity contribution in [2.24, 2.45) is 0 Å². The van der Waals surface area contributed by atoms with Crippen LogP contribution in [0.3, 0.4) is 0 Å². The number of benzene rings is 1. The van der Waals surface area contributed by atoms with Crippen molar-refractivity contribution in [2.45, 2.75) is 44.6 Å². The Hall–Kier alpha value is -1.55. The molecule has 8 nitrogen and oxygen atoms in total. The van der Waals surface area contributed by atoms with E-state index in [-0.39, 0.29) is 11.3 Å². The first-order valence-corrected chi connectivity index (χ1v) is 8.09. The van der Waals surface area contributed by atoms with Crippen molar-refractivity contribution in [2.75, 3.05) is 19.8 Å². The number of aldehydes is 1. The topological polar surface area (TPSA) is 126 Å². The average molecular weight is 358 g/mol. The molecule has 5 atom stereocenters. The van der Waals surface area contributed by atoms with E-state index in [0.717, 1.165) is 13.2 Å². The second-order valence-corrected chi connectivity index (χ2v) is 5.25. The summed E-state index contributed by atoms with van der Waals surface area (Å²) in [4.78, 5) is 10.9. The van der Waals surface area contributed by atoms with Gasteiger partial charge in [-0.3, -0.25) is 4.79 Å². The fourth-order valence-corrected chi connectivity index (χ4v) is 2.18. The zero-order valence-electron chi connectivity index (χ0n) is 14.3. The SMILES string of the molecule is CCOCC.O=Cc1ccccc1O[C@@H]1O[C@H](CO)[C@@H](O)[C@H](O)[C@H]1O. The molecule has 1 fully saturated rings. The van der Waals surface area contributed by atoms with Crippen LogP contribution in [0.15, 0.2) is 24.3 Å². The Labute approximate surface area is 146 Å². The first-order valence-electron chi connectivity index (χ1n) is 8.09. The molecule has 142 valence electrons. The van der Waals surface area contributed by atoms with Crippen molar-refractivity contribution < 1.29 is 39.4 Å². The van der Waals surface area contributed by atoms with Gasteiger partial charge in [-0.15, -0.1) is 0 Å². The van der Waals surface area contributed by atoms with Crippen LogP contribution in [-0.2, 0) is 9.47 Å². The second kappa shape index (κ2) is 11.1. The molecule has 4 N–H and O–H groups in total. The Balaban J connectivity index is 0.000000550. The van der Waals surface area contributed by atoms with Crippen molar-refractivity contribution in [1.82, 2.24) is 0 Å². The highest BCUT2D eigenvalue weighted by Gasteiger charge is 2.44. The summed E-state index contributed by atoms with van der Waals surface area (Å²) in [5, 5.41) is 38.1. The van der Waals surface area contributed by atoms with Gasteiger partial charge in [0.25, 0.3) is 0 Å². The molecule has 1 aromatic rings. The molecule has 0 aromatic heterocycles. The summed E-state index contributed by atoms with van der Waals surface area (Å²) >= 11 is 0. The predicted molar refractivity (Wildman–Crippen MR) is 88.4 cm³/mol. The molecule has 1 heterocycles. The number of rotatable bonds is 6. The molecule has 0 radical (unpaired) electrons. The first kappa shape index (κ1) is 21.5. The Morgan fingerprint density at radius 2 is 1.72 bits per heavy atom. The van der Waals surface area contributed by atoms with E-state index in [1.54, 1.807) is 12.1 Å². The van der Waals surface area contributed by atoms with Crippen LogP contribution in [0.1, 0.15) is 24.2 Å². The van der Waals surface area contributed by atoms with Crippen LogP contribution in [0.2, 0.25) is 0 Å². The summed E-state index contributed by atoms with van der Waals surface area (Å²) in [6.07, 6.45) is -6.24. The third-order valence-electron chi connectivity index (χ3n) is 3.55. The normalized spacial score (nSPS) is 28.6. The Morgan fingerprint density at radius 3 is 2.24 bits per heavy atom. The van der Waals surface area contributed by atoms with E-state index in [4.69, 9.17) is 19.3 Å². The van der Waals surface area contributed by atoms with Crippen LogP contribution in [0.5, 0.6) is 5.75 Å². The maximum absolute atomic E-state index is 10.9. The zero-order valence-corrected chi connectivity index (χ0v) is 14.3. The summed E-state index contributed by atoms with van der Waals surface area (Å²) < 4.78 is 15.4. The second-order valence-electron chi connectivity index (χ2n) is 5.25. The van der Waals surface area contributed by atoms with Crippen molar-refractivity contribution in [3.05, 3.63) is 29.8 Å². The van der Waals surface area contributed by atoms with Crippen LogP contribution in [0, 0.1) is 0 Å². The zero-order chi connectivity index (χ0) is 18.8. The highest BCUT2D eigenvalue weighted by atomic mass is 16.7. The molecule has 0 saturated carbocycles. The van der Waals surface area contributed by atoms with Gasteiger partial charge in [0.05, 0.1) is 12.2 Å². The van der Waals surface area contributed by atoms with E-state index in [2.05, 4.69) is 0 Å². The van der Waals surface area contributed by atoms with E-state index in [1.165, 1.54) is 12.1 Å². The minimum absolute atomic E-state index is 0.173. The summed E-state index contributed by atoms with van der Waals surface area (Å²) in [7, 11) is 0. The Bertz CT molecular complexity index is 505. The molecule has 1 aliphatic rings. The summed E-state index contributed by atoms with van der Waals surface area (Å²) in [6, 6.07) is 6.30. The van der Waals surface area contributed by atoms with E-state index in [9.17, 15) is 20.1 Å². The number of aliphatic hydroxyl groups is 4. The summed E-state index contributed by atoms with van der Waals surface area (Å²) in [6.45, 7) is 5.13. The number of para-hydroxylation sites is 1. The van der Waals surface area contributed by atoms with Gasteiger partial charge >= 0.3 is 0 Å². The molecular formula is C17H26O8. The average Bonchev–Trinajstić information content (AvgIpc) is 2.63. The third-order valence-corrected chi connectivity index (χ3v) is 3.55. The van der Waals surface area contributed by atoms with Gasteiger partial charge < -0.3 is 34.6 Å². The van der Waals surface area contributed by atoms with Gasteiger partial charge in [0.1, 0.15) is 30.2 Å². The number of carbonyl (C=O) groups excluding carboxylic acids is 1. The first-order chi connectivity index (χ1) is 12.0. The van der Waals surface area contributed by atoms with Crippen LogP contribution >= 0.6 is 0 Å². The molecule has 1 aromatic carbocycles. The van der Waals surface area contributed by atoms with Crippen LogP contribution in [-0.4, -0.2) is 77.2 Å². The minimum Gasteiger partial charge on any atom is -0.461 e. The molecule has 1 saturated heterocycles. The van der Waals surface area contributed by atoms with Gasteiger partial charge in [0.2, 0.25) is 6.29 Å². The largest absolute Gasteiger partial charge is 0.461 e. The Kier molecular flexibility index (Phi) is 9.58. The highest BCUT2D eigenvalue weighted by Crippen LogP contribution is 2.25. The van der Waals surface area contributed by atoms with E-state index in [0.29, 0.717) is 6.29 Å². The van der Waals surface area contributed by atoms with E-state index in [1.807, 2.05) is 13.8 Å². The monoisotopic (exact) mass is 358 g/mol. The summed E-state index contributed by atoms with van der Waals surface area (Å²) in [5.41, 5.74) is 0.254. The van der Waals surface area contributed by atoms with Gasteiger partial charge in [-0.1, -0.05) is 12.1 Å². The van der Waals surface area contributed by atoms with Crippen molar-refractivity contribution in [3.8, 4) is 5.75 Å². The Morgan fingerprint density at radius 1 is 1.08 bits per heavy atom. The van der Waals surface area contributed by atoms with Gasteiger partial charge in [0, 0.05) is 13.2 Å². The van der Waals surface area contributed by atoms with Gasteiger partial charge in [-0.25, -0.2) is 0 Å². The van der Waals surface area contributed by atoms with Gasteiger partial charge in [-0.05, 0) is 26.0 Å². The van der Waals surface area contributed by atoms with Crippen LogP contribution < -0.4 is 4.74 Å². The number of hydrogen-bond acceptors (Lipinski definition) is 8.